The quantitative estimate of drug-likeness (QED) is 0.310. The molecule has 0 radical (unpaired) electrons. The van der Waals surface area contributed by atoms with Gasteiger partial charge in [-0.15, -0.1) is 0 Å². The molecule has 1 aromatic heterocycles. The fraction of sp³-hybridized carbons (Fsp3) is 0.200. The zero-order valence-electron chi connectivity index (χ0n) is 13.4. The van der Waals surface area contributed by atoms with Crippen molar-refractivity contribution in [2.75, 3.05) is 6.54 Å². The highest BCUT2D eigenvalue weighted by atomic mass is 35.5. The molecular formula is C15H8Cl4F3N3O3. The van der Waals surface area contributed by atoms with E-state index >= 15 is 0 Å². The molecule has 0 aliphatic heterocycles. The topological polar surface area (TPSA) is 76.3 Å². The van der Waals surface area contributed by atoms with E-state index in [1.807, 2.05) is 0 Å². The molecule has 0 N–H and O–H groups in total. The molecule has 28 heavy (non-hydrogen) atoms. The number of rotatable bonds is 5. The van der Waals surface area contributed by atoms with Gasteiger partial charge >= 0.3 is 6.18 Å². The van der Waals surface area contributed by atoms with E-state index in [0.29, 0.717) is 4.90 Å². The smallest absolute Gasteiger partial charge is 0.324 e. The number of hydrogen-bond donors (Lipinski definition) is 0. The molecule has 0 fully saturated rings. The number of nitro benzene ring substituents is 1. The molecule has 13 heteroatoms. The van der Waals surface area contributed by atoms with Crippen LogP contribution in [-0.4, -0.2) is 33.4 Å². The normalized spacial score (nSPS) is 11.4. The van der Waals surface area contributed by atoms with E-state index in [1.165, 1.54) is 18.2 Å². The van der Waals surface area contributed by atoms with Gasteiger partial charge in [0.2, 0.25) is 0 Å². The molecule has 0 saturated carbocycles. The molecule has 0 spiro atoms. The van der Waals surface area contributed by atoms with Crippen molar-refractivity contribution in [3.05, 3.63) is 65.9 Å². The standard InChI is InChI=1S/C15H8Cl4F3N3O3/c16-9-10(17)12(23-13(19)11(9)18)14(26)24(6-15(20,21)22)5-7-3-1-2-4-8(7)25(27)28/h1-4H,5-6H2. The lowest BCUT2D eigenvalue weighted by atomic mass is 10.1. The lowest BCUT2D eigenvalue weighted by Crippen LogP contribution is -2.39. The van der Waals surface area contributed by atoms with Crippen LogP contribution in [0.1, 0.15) is 16.1 Å². The molecule has 0 atom stereocenters. The Kier molecular flexibility index (Phi) is 6.97. The van der Waals surface area contributed by atoms with Gasteiger partial charge in [-0.2, -0.15) is 13.2 Å². The highest BCUT2D eigenvalue weighted by molar-refractivity contribution is 6.52. The van der Waals surface area contributed by atoms with Gasteiger partial charge in [0, 0.05) is 11.6 Å². The molecule has 2 rings (SSSR count). The number of hydrogen-bond acceptors (Lipinski definition) is 4. The number of halogens is 7. The molecule has 0 unspecified atom stereocenters. The monoisotopic (exact) mass is 475 g/mol. The van der Waals surface area contributed by atoms with Crippen molar-refractivity contribution in [3.8, 4) is 0 Å². The summed E-state index contributed by atoms with van der Waals surface area (Å²) in [5.41, 5.74) is -1.23. The summed E-state index contributed by atoms with van der Waals surface area (Å²) in [5, 5.41) is 9.55. The summed E-state index contributed by atoms with van der Waals surface area (Å²) in [6, 6.07) is 5.06. The molecule has 150 valence electrons. The molecular weight excluding hydrogens is 469 g/mol. The Hall–Kier alpha value is -1.81. The van der Waals surface area contributed by atoms with Gasteiger partial charge < -0.3 is 4.90 Å². The Labute approximate surface area is 175 Å². The third-order valence-corrected chi connectivity index (χ3v) is 5.07. The van der Waals surface area contributed by atoms with Gasteiger partial charge in [0.25, 0.3) is 11.6 Å². The second kappa shape index (κ2) is 8.69. The van der Waals surface area contributed by atoms with Crippen LogP contribution in [0.25, 0.3) is 0 Å². The number of benzene rings is 1. The van der Waals surface area contributed by atoms with E-state index in [4.69, 9.17) is 46.4 Å². The molecule has 2 aromatic rings. The van der Waals surface area contributed by atoms with Gasteiger partial charge in [0.05, 0.1) is 26.5 Å². The number of nitro groups is 1. The largest absolute Gasteiger partial charge is 0.406 e. The highest BCUT2D eigenvalue weighted by Gasteiger charge is 2.36. The predicted molar refractivity (Wildman–Crippen MR) is 98.2 cm³/mol. The van der Waals surface area contributed by atoms with Gasteiger partial charge in [-0.05, 0) is 0 Å². The molecule has 1 amide bonds. The molecule has 0 aliphatic rings. The third kappa shape index (κ3) is 5.16. The second-order valence-corrected chi connectivity index (χ2v) is 6.85. The summed E-state index contributed by atoms with van der Waals surface area (Å²) < 4.78 is 39.0. The summed E-state index contributed by atoms with van der Waals surface area (Å²) in [6.07, 6.45) is -4.80. The first-order valence-electron chi connectivity index (χ1n) is 7.20. The maximum absolute atomic E-state index is 13.0. The maximum Gasteiger partial charge on any atom is 0.406 e. The number of alkyl halides is 3. The fourth-order valence-corrected chi connectivity index (χ4v) is 3.03. The van der Waals surface area contributed by atoms with Crippen LogP contribution in [0.2, 0.25) is 20.2 Å². The first-order chi connectivity index (χ1) is 12.9. The minimum absolute atomic E-state index is 0.118. The molecule has 0 saturated heterocycles. The predicted octanol–water partition coefficient (Wildman–Crippen LogP) is 5.81. The van der Waals surface area contributed by atoms with Crippen LogP contribution in [0, 0.1) is 10.1 Å². The van der Waals surface area contributed by atoms with Crippen molar-refractivity contribution in [3.63, 3.8) is 0 Å². The maximum atomic E-state index is 13.0. The van der Waals surface area contributed by atoms with E-state index in [0.717, 1.165) is 6.07 Å². The zero-order chi connectivity index (χ0) is 21.2. The lowest BCUT2D eigenvalue weighted by Gasteiger charge is -2.24. The van der Waals surface area contributed by atoms with E-state index in [2.05, 4.69) is 4.98 Å². The summed E-state index contributed by atoms with van der Waals surface area (Å²) >= 11 is 23.2. The van der Waals surface area contributed by atoms with E-state index in [1.54, 1.807) is 0 Å². The Balaban J connectivity index is 2.51. The molecule has 1 heterocycles. The number of nitrogens with zero attached hydrogens (tertiary/aromatic N) is 3. The van der Waals surface area contributed by atoms with Gasteiger partial charge in [-0.25, -0.2) is 4.98 Å². The summed E-state index contributed by atoms with van der Waals surface area (Å²) in [6.45, 7) is -2.45. The number of aromatic nitrogens is 1. The van der Waals surface area contributed by atoms with Crippen molar-refractivity contribution >= 4 is 58.0 Å². The Bertz CT molecular complexity index is 941. The molecule has 0 bridgehead atoms. The molecule has 6 nitrogen and oxygen atoms in total. The summed E-state index contributed by atoms with van der Waals surface area (Å²) in [5.74, 6) is -1.28. The minimum atomic E-state index is -4.80. The van der Waals surface area contributed by atoms with Crippen molar-refractivity contribution in [2.24, 2.45) is 0 Å². The van der Waals surface area contributed by atoms with Gasteiger partial charge in [0.1, 0.15) is 17.4 Å². The molecule has 0 aliphatic carbocycles. The van der Waals surface area contributed by atoms with Crippen LogP contribution in [0.3, 0.4) is 0 Å². The van der Waals surface area contributed by atoms with Crippen LogP contribution >= 0.6 is 46.4 Å². The number of para-hydroxylation sites is 1. The SMILES string of the molecule is O=C(c1nc(Cl)c(Cl)c(Cl)c1Cl)N(Cc1ccccc1[N+](=O)[O-])CC(F)(F)F. The summed E-state index contributed by atoms with van der Waals surface area (Å²) in [4.78, 5) is 26.9. The van der Waals surface area contributed by atoms with Crippen molar-refractivity contribution in [1.82, 2.24) is 9.88 Å². The average molecular weight is 477 g/mol. The van der Waals surface area contributed by atoms with Gasteiger partial charge in [-0.1, -0.05) is 64.6 Å². The highest BCUT2D eigenvalue weighted by Crippen LogP contribution is 2.37. The van der Waals surface area contributed by atoms with Crippen molar-refractivity contribution in [1.29, 1.82) is 0 Å². The Morgan fingerprint density at radius 1 is 1.11 bits per heavy atom. The van der Waals surface area contributed by atoms with Crippen LogP contribution < -0.4 is 0 Å². The minimum Gasteiger partial charge on any atom is -0.324 e. The van der Waals surface area contributed by atoms with Crippen LogP contribution in [0.5, 0.6) is 0 Å². The first kappa shape index (κ1) is 22.5. The number of carbonyl (C=O) groups excluding carboxylic acids is 1. The Morgan fingerprint density at radius 2 is 1.71 bits per heavy atom. The number of pyridine rings is 1. The van der Waals surface area contributed by atoms with Gasteiger partial charge in [-0.3, -0.25) is 14.9 Å². The number of carbonyl (C=O) groups is 1. The van der Waals surface area contributed by atoms with E-state index < -0.39 is 51.7 Å². The second-order valence-electron chi connectivity index (χ2n) is 5.36. The lowest BCUT2D eigenvalue weighted by molar-refractivity contribution is -0.385. The van der Waals surface area contributed by atoms with Crippen LogP contribution in [-0.2, 0) is 6.54 Å². The molecule has 1 aromatic carbocycles. The van der Waals surface area contributed by atoms with E-state index in [-0.39, 0.29) is 15.6 Å². The van der Waals surface area contributed by atoms with Crippen LogP contribution in [0.15, 0.2) is 24.3 Å². The first-order valence-corrected chi connectivity index (χ1v) is 8.72. The summed E-state index contributed by atoms with van der Waals surface area (Å²) in [7, 11) is 0. The van der Waals surface area contributed by atoms with E-state index in [9.17, 15) is 28.1 Å². The fourth-order valence-electron chi connectivity index (χ4n) is 2.22. The average Bonchev–Trinajstić information content (AvgIpc) is 2.61. The van der Waals surface area contributed by atoms with Crippen LogP contribution in [0.4, 0.5) is 18.9 Å². The Morgan fingerprint density at radius 3 is 2.29 bits per heavy atom. The van der Waals surface area contributed by atoms with Crippen molar-refractivity contribution in [2.45, 2.75) is 12.7 Å². The zero-order valence-corrected chi connectivity index (χ0v) is 16.5. The number of amides is 1. The van der Waals surface area contributed by atoms with Crippen molar-refractivity contribution < 1.29 is 22.9 Å². The van der Waals surface area contributed by atoms with Gasteiger partial charge in [0.15, 0.2) is 0 Å². The third-order valence-electron chi connectivity index (χ3n) is 3.39.